The molecule has 1 saturated carbocycles. The topological polar surface area (TPSA) is 57.6 Å². The van der Waals surface area contributed by atoms with Gasteiger partial charge in [0.1, 0.15) is 5.82 Å². The zero-order valence-corrected chi connectivity index (χ0v) is 9.97. The normalized spacial score (nSPS) is 16.1. The van der Waals surface area contributed by atoms with Gasteiger partial charge in [0.05, 0.1) is 0 Å². The maximum Gasteiger partial charge on any atom is 0.331 e. The smallest absolute Gasteiger partial charge is 0.331 e. The van der Waals surface area contributed by atoms with Gasteiger partial charge in [-0.05, 0) is 37.0 Å². The van der Waals surface area contributed by atoms with Crippen LogP contribution in [-0.2, 0) is 9.59 Å². The molecule has 96 valence electrons. The number of carboxylic acid groups (broad SMARTS) is 1. The van der Waals surface area contributed by atoms with Gasteiger partial charge < -0.3 is 10.0 Å². The van der Waals surface area contributed by atoms with Gasteiger partial charge in [0.25, 0.3) is 0 Å². The van der Waals surface area contributed by atoms with Crippen LogP contribution in [0.1, 0.15) is 30.0 Å². The van der Waals surface area contributed by atoms with Crippen molar-refractivity contribution in [2.24, 2.45) is 0 Å². The van der Waals surface area contributed by atoms with Gasteiger partial charge >= 0.3 is 5.97 Å². The fraction of sp³-hybridized carbons (Fsp3) is 0.385. The van der Waals surface area contributed by atoms with E-state index in [2.05, 4.69) is 0 Å². The summed E-state index contributed by atoms with van der Waals surface area (Å²) in [4.78, 5) is 23.7. The van der Waals surface area contributed by atoms with E-state index in [1.54, 1.807) is 6.92 Å². The minimum atomic E-state index is -1.10. The van der Waals surface area contributed by atoms with E-state index >= 15 is 0 Å². The summed E-state index contributed by atoms with van der Waals surface area (Å²) in [5, 5.41) is 9.27. The molecule has 1 unspecified atom stereocenters. The minimum Gasteiger partial charge on any atom is -0.479 e. The van der Waals surface area contributed by atoms with Crippen LogP contribution in [0.3, 0.4) is 0 Å². The molecule has 0 heterocycles. The first-order valence-electron chi connectivity index (χ1n) is 5.76. The lowest BCUT2D eigenvalue weighted by Crippen LogP contribution is -2.34. The Balaban J connectivity index is 2.36. The van der Waals surface area contributed by atoms with Gasteiger partial charge in [-0.15, -0.1) is 0 Å². The Morgan fingerprint density at radius 1 is 1.56 bits per heavy atom. The maximum atomic E-state index is 13.2. The molecule has 1 aromatic carbocycles. The number of carbonyl (C=O) groups is 2. The number of amides is 1. The number of hydrogen-bond acceptors (Lipinski definition) is 2. The van der Waals surface area contributed by atoms with Crippen LogP contribution in [0.2, 0.25) is 0 Å². The van der Waals surface area contributed by atoms with Crippen LogP contribution >= 0.6 is 0 Å². The van der Waals surface area contributed by atoms with Crippen LogP contribution in [0.15, 0.2) is 18.2 Å². The molecular weight excluding hydrogens is 237 g/mol. The third-order valence-corrected chi connectivity index (χ3v) is 3.12. The Kier molecular flexibility index (Phi) is 3.32. The molecule has 1 aromatic rings. The highest BCUT2D eigenvalue weighted by atomic mass is 19.1. The van der Waals surface area contributed by atoms with Crippen LogP contribution < -0.4 is 0 Å². The third kappa shape index (κ3) is 2.34. The Morgan fingerprint density at radius 3 is 2.67 bits per heavy atom. The SMILES string of the molecule is Cc1cc(C(C(=O)O)N(C=O)C2CC2)ccc1F. The van der Waals surface area contributed by atoms with E-state index < -0.39 is 12.0 Å². The number of carbonyl (C=O) groups excluding carboxylic acids is 1. The molecule has 4 nitrogen and oxygen atoms in total. The average molecular weight is 251 g/mol. The molecule has 18 heavy (non-hydrogen) atoms. The molecular formula is C13H14FNO3. The van der Waals surface area contributed by atoms with Crippen LogP contribution in [0, 0.1) is 12.7 Å². The molecule has 0 bridgehead atoms. The summed E-state index contributed by atoms with van der Waals surface area (Å²) in [5.41, 5.74) is 0.806. The van der Waals surface area contributed by atoms with Gasteiger partial charge in [-0.2, -0.15) is 0 Å². The second-order valence-corrected chi connectivity index (χ2v) is 4.53. The minimum absolute atomic E-state index is 0.00559. The number of hydrogen-bond donors (Lipinski definition) is 1. The Hall–Kier alpha value is -1.91. The largest absolute Gasteiger partial charge is 0.479 e. The van der Waals surface area contributed by atoms with E-state index in [1.165, 1.54) is 23.1 Å². The second kappa shape index (κ2) is 4.76. The number of aliphatic carboxylic acids is 1. The quantitative estimate of drug-likeness (QED) is 0.813. The molecule has 1 aliphatic rings. The van der Waals surface area contributed by atoms with E-state index in [0.717, 1.165) is 12.8 Å². The Labute approximate surface area is 104 Å². The Morgan fingerprint density at radius 2 is 2.22 bits per heavy atom. The van der Waals surface area contributed by atoms with Crippen molar-refractivity contribution in [3.05, 3.63) is 35.1 Å². The highest BCUT2D eigenvalue weighted by Gasteiger charge is 2.37. The first-order chi connectivity index (χ1) is 8.54. The van der Waals surface area contributed by atoms with Gasteiger partial charge in [0, 0.05) is 6.04 Å². The van der Waals surface area contributed by atoms with E-state index in [-0.39, 0.29) is 11.9 Å². The summed E-state index contributed by atoms with van der Waals surface area (Å²) in [6.45, 7) is 1.57. The summed E-state index contributed by atoms with van der Waals surface area (Å²) in [5.74, 6) is -1.48. The van der Waals surface area contributed by atoms with Crippen LogP contribution in [0.5, 0.6) is 0 Å². The van der Waals surface area contributed by atoms with Crippen molar-refractivity contribution < 1.29 is 19.1 Å². The monoisotopic (exact) mass is 251 g/mol. The molecule has 0 saturated heterocycles. The molecule has 1 fully saturated rings. The van der Waals surface area contributed by atoms with Crippen molar-refractivity contribution in [3.63, 3.8) is 0 Å². The molecule has 2 rings (SSSR count). The highest BCUT2D eigenvalue weighted by molar-refractivity contribution is 5.78. The lowest BCUT2D eigenvalue weighted by molar-refractivity contribution is -0.147. The van der Waals surface area contributed by atoms with Gasteiger partial charge in [-0.25, -0.2) is 9.18 Å². The van der Waals surface area contributed by atoms with Gasteiger partial charge in [0.2, 0.25) is 6.41 Å². The van der Waals surface area contributed by atoms with Crippen LogP contribution in [-0.4, -0.2) is 28.4 Å². The zero-order valence-electron chi connectivity index (χ0n) is 9.97. The number of halogens is 1. The number of aryl methyl sites for hydroxylation is 1. The highest BCUT2D eigenvalue weighted by Crippen LogP contribution is 2.33. The molecule has 1 atom stereocenters. The van der Waals surface area contributed by atoms with E-state index in [4.69, 9.17) is 0 Å². The number of benzene rings is 1. The van der Waals surface area contributed by atoms with Crippen molar-refractivity contribution >= 4 is 12.4 Å². The molecule has 1 amide bonds. The molecule has 0 radical (unpaired) electrons. The molecule has 1 N–H and O–H groups in total. The lowest BCUT2D eigenvalue weighted by atomic mass is 10.0. The fourth-order valence-corrected chi connectivity index (χ4v) is 2.01. The van der Waals surface area contributed by atoms with Crippen molar-refractivity contribution in [2.75, 3.05) is 0 Å². The van der Waals surface area contributed by atoms with E-state index in [1.807, 2.05) is 0 Å². The fourth-order valence-electron chi connectivity index (χ4n) is 2.01. The maximum absolute atomic E-state index is 13.2. The number of rotatable bonds is 5. The average Bonchev–Trinajstić information content (AvgIpc) is 3.13. The predicted octanol–water partition coefficient (Wildman–Crippen LogP) is 1.88. The second-order valence-electron chi connectivity index (χ2n) is 4.53. The Bertz CT molecular complexity index is 485. The summed E-state index contributed by atoms with van der Waals surface area (Å²) in [6.07, 6.45) is 2.21. The molecule has 0 aromatic heterocycles. The number of carboxylic acids is 1. The predicted molar refractivity (Wildman–Crippen MR) is 62.4 cm³/mol. The molecule has 0 spiro atoms. The lowest BCUT2D eigenvalue weighted by Gasteiger charge is -2.25. The molecule has 5 heteroatoms. The molecule has 0 aliphatic heterocycles. The first kappa shape index (κ1) is 12.5. The van der Waals surface area contributed by atoms with Crippen molar-refractivity contribution in [2.45, 2.75) is 31.8 Å². The van der Waals surface area contributed by atoms with Crippen molar-refractivity contribution in [1.29, 1.82) is 0 Å². The first-order valence-corrected chi connectivity index (χ1v) is 5.76. The standard InChI is InChI=1S/C13H14FNO3/c1-8-6-9(2-5-11(8)14)12(13(17)18)15(7-16)10-3-4-10/h2,5-7,10,12H,3-4H2,1H3,(H,17,18). The summed E-state index contributed by atoms with van der Waals surface area (Å²) in [6, 6.07) is 3.09. The van der Waals surface area contributed by atoms with Gasteiger partial charge in [0.15, 0.2) is 6.04 Å². The van der Waals surface area contributed by atoms with Crippen molar-refractivity contribution in [1.82, 2.24) is 4.90 Å². The van der Waals surface area contributed by atoms with Crippen LogP contribution in [0.25, 0.3) is 0 Å². The van der Waals surface area contributed by atoms with Gasteiger partial charge in [-0.1, -0.05) is 12.1 Å². The number of nitrogens with zero attached hydrogens (tertiary/aromatic N) is 1. The van der Waals surface area contributed by atoms with E-state index in [9.17, 15) is 19.1 Å². The summed E-state index contributed by atoms with van der Waals surface area (Å²) >= 11 is 0. The molecule has 1 aliphatic carbocycles. The summed E-state index contributed by atoms with van der Waals surface area (Å²) in [7, 11) is 0. The van der Waals surface area contributed by atoms with Gasteiger partial charge in [-0.3, -0.25) is 4.79 Å². The third-order valence-electron chi connectivity index (χ3n) is 3.12. The van der Waals surface area contributed by atoms with Crippen molar-refractivity contribution in [3.8, 4) is 0 Å². The van der Waals surface area contributed by atoms with Crippen LogP contribution in [0.4, 0.5) is 4.39 Å². The zero-order chi connectivity index (χ0) is 13.3. The van der Waals surface area contributed by atoms with E-state index in [0.29, 0.717) is 17.5 Å². The summed E-state index contributed by atoms with van der Waals surface area (Å²) < 4.78 is 13.2.